The van der Waals surface area contributed by atoms with E-state index >= 15 is 0 Å². The van der Waals surface area contributed by atoms with Crippen LogP contribution in [0.25, 0.3) is 0 Å². The number of carbonyl (C=O) groups is 2. The minimum absolute atomic E-state index is 0.0295. The Balaban J connectivity index is 1.49. The maximum absolute atomic E-state index is 12.7. The third kappa shape index (κ3) is 4.91. The van der Waals surface area contributed by atoms with Gasteiger partial charge in [0.2, 0.25) is 5.91 Å². The van der Waals surface area contributed by atoms with Gasteiger partial charge in [-0.25, -0.2) is 4.98 Å². The molecule has 0 aromatic carbocycles. The lowest BCUT2D eigenvalue weighted by Crippen LogP contribution is -2.51. The first-order valence-electron chi connectivity index (χ1n) is 10.4. The molecule has 8 nitrogen and oxygen atoms in total. The summed E-state index contributed by atoms with van der Waals surface area (Å²) in [5, 5.41) is 2.97. The van der Waals surface area contributed by atoms with Gasteiger partial charge in [0.05, 0.1) is 12.5 Å². The Morgan fingerprint density at radius 3 is 2.79 bits per heavy atom. The fraction of sp³-hybridized carbons (Fsp3) is 0.750. The number of aromatic nitrogens is 1. The van der Waals surface area contributed by atoms with Gasteiger partial charge in [0.25, 0.3) is 5.91 Å². The third-order valence-electron chi connectivity index (χ3n) is 5.86. The van der Waals surface area contributed by atoms with Crippen LogP contribution in [0, 0.1) is 5.92 Å². The summed E-state index contributed by atoms with van der Waals surface area (Å²) in [6.07, 6.45) is 5.87. The summed E-state index contributed by atoms with van der Waals surface area (Å²) in [4.78, 5) is 33.5. The highest BCUT2D eigenvalue weighted by Crippen LogP contribution is 2.25. The normalized spacial score (nSPS) is 21.6. The highest BCUT2D eigenvalue weighted by atomic mass is 16.5. The smallest absolute Gasteiger partial charge is 0.276 e. The lowest BCUT2D eigenvalue weighted by atomic mass is 9.93. The third-order valence-corrected chi connectivity index (χ3v) is 5.86. The van der Waals surface area contributed by atoms with Crippen LogP contribution in [0.15, 0.2) is 10.8 Å². The van der Waals surface area contributed by atoms with Gasteiger partial charge in [-0.1, -0.05) is 6.92 Å². The van der Waals surface area contributed by atoms with E-state index in [-0.39, 0.29) is 17.7 Å². The van der Waals surface area contributed by atoms with Crippen molar-refractivity contribution in [1.29, 1.82) is 0 Å². The predicted octanol–water partition coefficient (Wildman–Crippen LogP) is 1.32. The summed E-state index contributed by atoms with van der Waals surface area (Å²) in [5.41, 5.74) is 0.451. The monoisotopic (exact) mass is 392 g/mol. The Labute approximate surface area is 166 Å². The second-order valence-electron chi connectivity index (χ2n) is 7.62. The molecule has 1 N–H and O–H groups in total. The fourth-order valence-electron chi connectivity index (χ4n) is 4.25. The Hall–Kier alpha value is -1.93. The molecule has 2 aliphatic heterocycles. The number of likely N-dealkylation sites (tertiary alicyclic amines) is 2. The molecule has 2 fully saturated rings. The van der Waals surface area contributed by atoms with Crippen LogP contribution in [0.3, 0.4) is 0 Å². The van der Waals surface area contributed by atoms with Gasteiger partial charge >= 0.3 is 0 Å². The van der Waals surface area contributed by atoms with Crippen molar-refractivity contribution in [2.24, 2.45) is 5.92 Å². The molecular weight excluding hydrogens is 360 g/mol. The first-order valence-corrected chi connectivity index (χ1v) is 10.4. The quantitative estimate of drug-likeness (QED) is 0.704. The second kappa shape index (κ2) is 10.0. The fourth-order valence-corrected chi connectivity index (χ4v) is 4.25. The Morgan fingerprint density at radius 1 is 1.29 bits per heavy atom. The van der Waals surface area contributed by atoms with Crippen molar-refractivity contribution in [2.75, 3.05) is 46.4 Å². The minimum atomic E-state index is -0.0295. The topological polar surface area (TPSA) is 87.9 Å². The number of piperidine rings is 2. The average molecular weight is 393 g/mol. The van der Waals surface area contributed by atoms with E-state index in [1.54, 1.807) is 7.11 Å². The summed E-state index contributed by atoms with van der Waals surface area (Å²) < 4.78 is 10.3. The SMILES string of the molecule is CCc1ocnc1C(=O)N1CCC(N2CCCC(C(=O)NCCOC)C2)CC1. The molecule has 2 amide bonds. The highest BCUT2D eigenvalue weighted by molar-refractivity contribution is 5.93. The molecule has 0 bridgehead atoms. The van der Waals surface area contributed by atoms with Gasteiger partial charge in [0, 0.05) is 45.8 Å². The summed E-state index contributed by atoms with van der Waals surface area (Å²) in [6.45, 7) is 6.35. The summed E-state index contributed by atoms with van der Waals surface area (Å²) in [7, 11) is 1.64. The molecule has 0 radical (unpaired) electrons. The molecular formula is C20H32N4O4. The van der Waals surface area contributed by atoms with Gasteiger partial charge in [-0.05, 0) is 32.2 Å². The molecule has 1 aromatic heterocycles. The highest BCUT2D eigenvalue weighted by Gasteiger charge is 2.33. The van der Waals surface area contributed by atoms with Crippen LogP contribution in [0.4, 0.5) is 0 Å². The zero-order chi connectivity index (χ0) is 19.9. The maximum atomic E-state index is 12.7. The molecule has 156 valence electrons. The number of aryl methyl sites for hydroxylation is 1. The number of amides is 2. The molecule has 28 heavy (non-hydrogen) atoms. The largest absolute Gasteiger partial charge is 0.448 e. The second-order valence-corrected chi connectivity index (χ2v) is 7.62. The number of nitrogens with zero attached hydrogens (tertiary/aromatic N) is 3. The number of methoxy groups -OCH3 is 1. The van der Waals surface area contributed by atoms with Gasteiger partial charge in [0.1, 0.15) is 5.76 Å². The Kier molecular flexibility index (Phi) is 7.44. The van der Waals surface area contributed by atoms with E-state index in [1.165, 1.54) is 6.39 Å². The van der Waals surface area contributed by atoms with E-state index in [9.17, 15) is 9.59 Å². The first kappa shape index (κ1) is 20.8. The summed E-state index contributed by atoms with van der Waals surface area (Å²) in [5.74, 6) is 0.809. The van der Waals surface area contributed by atoms with Crippen molar-refractivity contribution in [3.63, 3.8) is 0 Å². The lowest BCUT2D eigenvalue weighted by Gasteiger charge is -2.42. The standard InChI is InChI=1S/C20H32N4O4/c1-3-17-18(22-14-28-17)20(26)23-10-6-16(7-11-23)24-9-4-5-15(13-24)19(25)21-8-12-27-2/h14-16H,3-13H2,1-2H3,(H,21,25). The van der Waals surface area contributed by atoms with Crippen molar-refractivity contribution in [2.45, 2.75) is 45.1 Å². The lowest BCUT2D eigenvalue weighted by molar-refractivity contribution is -0.127. The van der Waals surface area contributed by atoms with Crippen LogP contribution in [0.1, 0.15) is 48.9 Å². The van der Waals surface area contributed by atoms with E-state index in [2.05, 4.69) is 15.2 Å². The van der Waals surface area contributed by atoms with Crippen molar-refractivity contribution < 1.29 is 18.7 Å². The number of hydrogen-bond donors (Lipinski definition) is 1. The number of nitrogens with one attached hydrogen (secondary N) is 1. The van der Waals surface area contributed by atoms with Gasteiger partial charge in [-0.15, -0.1) is 0 Å². The maximum Gasteiger partial charge on any atom is 0.276 e. The van der Waals surface area contributed by atoms with E-state index in [1.807, 2.05) is 11.8 Å². The first-order chi connectivity index (χ1) is 13.6. The Bertz CT molecular complexity index is 654. The molecule has 0 aliphatic carbocycles. The number of oxazole rings is 1. The van der Waals surface area contributed by atoms with Gasteiger partial charge in [-0.3, -0.25) is 14.5 Å². The van der Waals surface area contributed by atoms with Gasteiger partial charge in [0.15, 0.2) is 12.1 Å². The van der Waals surface area contributed by atoms with Crippen LogP contribution >= 0.6 is 0 Å². The molecule has 8 heteroatoms. The molecule has 1 aromatic rings. The molecule has 3 heterocycles. The van der Waals surface area contributed by atoms with Crippen molar-refractivity contribution in [1.82, 2.24) is 20.1 Å². The van der Waals surface area contributed by atoms with Crippen molar-refractivity contribution in [3.8, 4) is 0 Å². The van der Waals surface area contributed by atoms with Crippen molar-refractivity contribution >= 4 is 11.8 Å². The molecule has 1 unspecified atom stereocenters. The summed E-state index contributed by atoms with van der Waals surface area (Å²) in [6, 6.07) is 0.432. The zero-order valence-electron chi connectivity index (χ0n) is 17.0. The van der Waals surface area contributed by atoms with Crippen LogP contribution in [-0.2, 0) is 16.0 Å². The van der Waals surface area contributed by atoms with Crippen molar-refractivity contribution in [3.05, 3.63) is 17.8 Å². The number of carbonyl (C=O) groups excluding carboxylic acids is 2. The minimum Gasteiger partial charge on any atom is -0.448 e. The molecule has 0 saturated carbocycles. The van der Waals surface area contributed by atoms with Gasteiger partial charge in [-0.2, -0.15) is 0 Å². The van der Waals surface area contributed by atoms with Crippen LogP contribution in [-0.4, -0.2) is 79.1 Å². The number of rotatable bonds is 7. The molecule has 2 saturated heterocycles. The zero-order valence-corrected chi connectivity index (χ0v) is 17.0. The predicted molar refractivity (Wildman–Crippen MR) is 104 cm³/mol. The molecule has 2 aliphatic rings. The van der Waals surface area contributed by atoms with Crippen LogP contribution < -0.4 is 5.32 Å². The Morgan fingerprint density at radius 2 is 2.07 bits per heavy atom. The van der Waals surface area contributed by atoms with Gasteiger partial charge < -0.3 is 19.4 Å². The molecule has 1 atom stereocenters. The average Bonchev–Trinajstić information content (AvgIpc) is 3.22. The molecule has 3 rings (SSSR count). The summed E-state index contributed by atoms with van der Waals surface area (Å²) >= 11 is 0. The van der Waals surface area contributed by atoms with E-state index in [0.29, 0.717) is 37.1 Å². The van der Waals surface area contributed by atoms with E-state index < -0.39 is 0 Å². The van der Waals surface area contributed by atoms with Crippen LogP contribution in [0.5, 0.6) is 0 Å². The van der Waals surface area contributed by atoms with Crippen LogP contribution in [0.2, 0.25) is 0 Å². The molecule has 0 spiro atoms. The van der Waals surface area contributed by atoms with E-state index in [0.717, 1.165) is 51.9 Å². The number of hydrogen-bond acceptors (Lipinski definition) is 6. The number of ether oxygens (including phenoxy) is 1. The van der Waals surface area contributed by atoms with E-state index in [4.69, 9.17) is 9.15 Å².